The maximum atomic E-state index is 10.6. The van der Waals surface area contributed by atoms with Crippen molar-refractivity contribution < 1.29 is 14.6 Å². The highest BCUT2D eigenvalue weighted by Crippen LogP contribution is 2.28. The van der Waals surface area contributed by atoms with Gasteiger partial charge in [0, 0.05) is 4.90 Å². The van der Waals surface area contributed by atoms with Crippen molar-refractivity contribution in [2.24, 2.45) is 5.73 Å². The molecule has 0 aromatic heterocycles. The molecule has 0 amide bonds. The monoisotopic (exact) mass is 253 g/mol. The third-order valence-corrected chi connectivity index (χ3v) is 3.76. The Morgan fingerprint density at radius 3 is 2.59 bits per heavy atom. The van der Waals surface area contributed by atoms with E-state index in [1.54, 1.807) is 11.8 Å². The summed E-state index contributed by atoms with van der Waals surface area (Å²) in [4.78, 5) is 11.8. The van der Waals surface area contributed by atoms with Crippen LogP contribution in [0.4, 0.5) is 0 Å². The van der Waals surface area contributed by atoms with E-state index in [1.165, 1.54) is 4.90 Å². The molecule has 1 aliphatic rings. The number of nitrogens with two attached hydrogens (primary N) is 1. The highest BCUT2D eigenvalue weighted by Gasteiger charge is 2.19. The quantitative estimate of drug-likeness (QED) is 0.823. The highest BCUT2D eigenvalue weighted by molar-refractivity contribution is 8.00. The summed E-state index contributed by atoms with van der Waals surface area (Å²) in [5.41, 5.74) is 6.43. The Morgan fingerprint density at radius 1 is 1.47 bits per heavy atom. The van der Waals surface area contributed by atoms with E-state index in [9.17, 15) is 4.79 Å². The highest BCUT2D eigenvalue weighted by atomic mass is 32.2. The molecule has 3 N–H and O–H groups in total. The van der Waals surface area contributed by atoms with Crippen LogP contribution in [-0.4, -0.2) is 35.6 Å². The van der Waals surface area contributed by atoms with E-state index in [1.807, 2.05) is 24.3 Å². The average molecular weight is 253 g/mol. The number of aliphatic carboxylic acids is 1. The number of carbonyl (C=O) groups is 1. The van der Waals surface area contributed by atoms with Crippen molar-refractivity contribution >= 4 is 17.7 Å². The molecule has 1 saturated heterocycles. The Labute approximate surface area is 104 Å². The van der Waals surface area contributed by atoms with Gasteiger partial charge in [0.2, 0.25) is 0 Å². The Bertz CT molecular complexity index is 389. The molecule has 1 atom stereocenters. The molecular formula is C12H15NO3S. The normalized spacial score (nSPS) is 17.5. The minimum atomic E-state index is -0.963. The predicted molar refractivity (Wildman–Crippen MR) is 66.2 cm³/mol. The van der Waals surface area contributed by atoms with Crippen LogP contribution in [0.2, 0.25) is 0 Å². The summed E-state index contributed by atoms with van der Waals surface area (Å²) in [7, 11) is 0. The fourth-order valence-electron chi connectivity index (χ4n) is 1.52. The van der Waals surface area contributed by atoms with E-state index in [0.29, 0.717) is 11.7 Å². The smallest absolute Gasteiger partial charge is 0.320 e. The Kier molecular flexibility index (Phi) is 4.04. The molecule has 0 aliphatic carbocycles. The molecule has 1 aliphatic heterocycles. The maximum Gasteiger partial charge on any atom is 0.320 e. The van der Waals surface area contributed by atoms with Gasteiger partial charge < -0.3 is 15.6 Å². The van der Waals surface area contributed by atoms with Gasteiger partial charge in [-0.05, 0) is 24.1 Å². The number of ether oxygens (including phenoxy) is 1. The van der Waals surface area contributed by atoms with Crippen LogP contribution in [0.3, 0.4) is 0 Å². The molecule has 2 rings (SSSR count). The predicted octanol–water partition coefficient (Wildman–Crippen LogP) is 1.13. The van der Waals surface area contributed by atoms with Crippen molar-refractivity contribution in [3.05, 3.63) is 29.8 Å². The second-order valence-corrected chi connectivity index (χ2v) is 5.44. The van der Waals surface area contributed by atoms with Gasteiger partial charge in [0.1, 0.15) is 6.04 Å². The fraction of sp³-hybridized carbons (Fsp3) is 0.417. The van der Waals surface area contributed by atoms with Crippen LogP contribution in [-0.2, 0) is 16.0 Å². The number of hydrogen-bond acceptors (Lipinski definition) is 4. The van der Waals surface area contributed by atoms with Crippen molar-refractivity contribution in [3.63, 3.8) is 0 Å². The molecule has 0 saturated carbocycles. The van der Waals surface area contributed by atoms with Crippen molar-refractivity contribution in [1.82, 2.24) is 0 Å². The summed E-state index contributed by atoms with van der Waals surface area (Å²) in [5.74, 6) is -0.963. The molecule has 4 nitrogen and oxygen atoms in total. The average Bonchev–Trinajstić information content (AvgIpc) is 2.25. The van der Waals surface area contributed by atoms with Gasteiger partial charge in [-0.3, -0.25) is 4.79 Å². The molecule has 0 bridgehead atoms. The number of rotatable bonds is 5. The SMILES string of the molecule is NC(Cc1ccc(SC2COC2)cc1)C(=O)O. The molecule has 1 unspecified atom stereocenters. The molecule has 1 aromatic rings. The van der Waals surface area contributed by atoms with Crippen molar-refractivity contribution in [3.8, 4) is 0 Å². The zero-order chi connectivity index (χ0) is 12.3. The summed E-state index contributed by atoms with van der Waals surface area (Å²) in [6, 6.07) is 7.06. The molecule has 1 fully saturated rings. The largest absolute Gasteiger partial charge is 0.480 e. The van der Waals surface area contributed by atoms with Crippen molar-refractivity contribution in [2.75, 3.05) is 13.2 Å². The van der Waals surface area contributed by atoms with Crippen molar-refractivity contribution in [1.29, 1.82) is 0 Å². The van der Waals surface area contributed by atoms with Gasteiger partial charge in [0.25, 0.3) is 0 Å². The lowest BCUT2D eigenvalue weighted by atomic mass is 10.1. The van der Waals surface area contributed by atoms with Gasteiger partial charge in [0.15, 0.2) is 0 Å². The van der Waals surface area contributed by atoms with Gasteiger partial charge in [-0.1, -0.05) is 12.1 Å². The molecule has 0 radical (unpaired) electrons. The zero-order valence-corrected chi connectivity index (χ0v) is 10.2. The number of carboxylic acid groups (broad SMARTS) is 1. The number of thioether (sulfide) groups is 1. The lowest BCUT2D eigenvalue weighted by Crippen LogP contribution is -2.32. The molecule has 0 spiro atoms. The van der Waals surface area contributed by atoms with Crippen LogP contribution in [0.1, 0.15) is 5.56 Å². The van der Waals surface area contributed by atoms with Crippen LogP contribution in [0, 0.1) is 0 Å². The van der Waals surface area contributed by atoms with E-state index in [4.69, 9.17) is 15.6 Å². The summed E-state index contributed by atoms with van der Waals surface area (Å²) >= 11 is 1.79. The van der Waals surface area contributed by atoms with E-state index in [0.717, 1.165) is 18.8 Å². The van der Waals surface area contributed by atoms with E-state index in [-0.39, 0.29) is 0 Å². The third-order valence-electron chi connectivity index (χ3n) is 2.61. The zero-order valence-electron chi connectivity index (χ0n) is 9.33. The maximum absolute atomic E-state index is 10.6. The van der Waals surface area contributed by atoms with Gasteiger partial charge in [-0.2, -0.15) is 0 Å². The Balaban J connectivity index is 1.90. The lowest BCUT2D eigenvalue weighted by molar-refractivity contribution is -0.138. The molecule has 17 heavy (non-hydrogen) atoms. The first-order chi connectivity index (χ1) is 8.15. The first-order valence-electron chi connectivity index (χ1n) is 5.47. The summed E-state index contributed by atoms with van der Waals surface area (Å²) in [6.45, 7) is 1.63. The second-order valence-electron chi connectivity index (χ2n) is 4.07. The standard InChI is InChI=1S/C12H15NO3S/c13-11(12(14)15)5-8-1-3-9(4-2-8)17-10-6-16-7-10/h1-4,10-11H,5-7,13H2,(H,14,15). The van der Waals surface area contributed by atoms with Crippen LogP contribution in [0.5, 0.6) is 0 Å². The Hall–Kier alpha value is -1.04. The van der Waals surface area contributed by atoms with E-state index >= 15 is 0 Å². The molecule has 5 heteroatoms. The van der Waals surface area contributed by atoms with Gasteiger partial charge in [-0.15, -0.1) is 11.8 Å². The van der Waals surface area contributed by atoms with Crippen molar-refractivity contribution in [2.45, 2.75) is 22.6 Å². The topological polar surface area (TPSA) is 72.5 Å². The van der Waals surface area contributed by atoms with Gasteiger partial charge >= 0.3 is 5.97 Å². The summed E-state index contributed by atoms with van der Waals surface area (Å²) in [5, 5.41) is 9.27. The minimum Gasteiger partial charge on any atom is -0.480 e. The van der Waals surface area contributed by atoms with E-state index < -0.39 is 12.0 Å². The molecule has 1 heterocycles. The number of hydrogen-bond donors (Lipinski definition) is 2. The van der Waals surface area contributed by atoms with Crippen LogP contribution in [0.25, 0.3) is 0 Å². The van der Waals surface area contributed by atoms with Crippen LogP contribution >= 0.6 is 11.8 Å². The van der Waals surface area contributed by atoms with Gasteiger partial charge in [0.05, 0.1) is 18.5 Å². The van der Waals surface area contributed by atoms with Crippen LogP contribution < -0.4 is 5.73 Å². The summed E-state index contributed by atoms with van der Waals surface area (Å²) < 4.78 is 5.11. The first kappa shape index (κ1) is 12.4. The third kappa shape index (κ3) is 3.46. The Morgan fingerprint density at radius 2 is 2.12 bits per heavy atom. The molecule has 1 aromatic carbocycles. The van der Waals surface area contributed by atoms with E-state index in [2.05, 4.69) is 0 Å². The minimum absolute atomic E-state index is 0.368. The molecular weight excluding hydrogens is 238 g/mol. The summed E-state index contributed by atoms with van der Waals surface area (Å²) in [6.07, 6.45) is 0.368. The molecule has 92 valence electrons. The second kappa shape index (κ2) is 5.53. The first-order valence-corrected chi connectivity index (χ1v) is 6.35. The number of carboxylic acids is 1. The van der Waals surface area contributed by atoms with Crippen LogP contribution in [0.15, 0.2) is 29.2 Å². The lowest BCUT2D eigenvalue weighted by Gasteiger charge is -2.25. The fourth-order valence-corrected chi connectivity index (χ4v) is 2.53. The van der Waals surface area contributed by atoms with Gasteiger partial charge in [-0.25, -0.2) is 0 Å². The number of benzene rings is 1.